The maximum absolute atomic E-state index is 10.3. The van der Waals surface area contributed by atoms with E-state index in [-0.39, 0.29) is 6.10 Å². The molecule has 1 N–H and O–H groups in total. The minimum Gasteiger partial charge on any atom is -0.388 e. The SMILES string of the molecule is CCC(CC)CC(O)c1c(C)nn(C)c1C. The molecule has 0 aliphatic rings. The Morgan fingerprint density at radius 1 is 1.25 bits per heavy atom. The molecule has 1 unspecified atom stereocenters. The van der Waals surface area contributed by atoms with Crippen LogP contribution in [0.5, 0.6) is 0 Å². The Balaban J connectivity index is 2.83. The maximum Gasteiger partial charge on any atom is 0.0828 e. The van der Waals surface area contributed by atoms with Crippen molar-refractivity contribution >= 4 is 0 Å². The third kappa shape index (κ3) is 2.64. The summed E-state index contributed by atoms with van der Waals surface area (Å²) in [6, 6.07) is 0. The highest BCUT2D eigenvalue weighted by molar-refractivity contribution is 5.26. The van der Waals surface area contributed by atoms with E-state index in [9.17, 15) is 5.11 Å². The van der Waals surface area contributed by atoms with Gasteiger partial charge in [0.05, 0.1) is 11.8 Å². The van der Waals surface area contributed by atoms with Crippen LogP contribution in [-0.2, 0) is 7.05 Å². The van der Waals surface area contributed by atoms with Gasteiger partial charge in [-0.25, -0.2) is 0 Å². The number of hydrogen-bond donors (Lipinski definition) is 1. The summed E-state index contributed by atoms with van der Waals surface area (Å²) in [6.07, 6.45) is 2.75. The second kappa shape index (κ2) is 5.48. The van der Waals surface area contributed by atoms with Crippen molar-refractivity contribution in [3.63, 3.8) is 0 Å². The lowest BCUT2D eigenvalue weighted by Crippen LogP contribution is -2.08. The molecule has 1 rings (SSSR count). The van der Waals surface area contributed by atoms with Crippen LogP contribution >= 0.6 is 0 Å². The fourth-order valence-corrected chi connectivity index (χ4v) is 2.33. The Morgan fingerprint density at radius 3 is 2.19 bits per heavy atom. The van der Waals surface area contributed by atoms with Crippen LogP contribution in [0.15, 0.2) is 0 Å². The summed E-state index contributed by atoms with van der Waals surface area (Å²) in [6.45, 7) is 8.36. The van der Waals surface area contributed by atoms with E-state index in [1.165, 1.54) is 0 Å². The monoisotopic (exact) mass is 224 g/mol. The molecule has 1 heterocycles. The first kappa shape index (κ1) is 13.2. The van der Waals surface area contributed by atoms with Crippen LogP contribution in [0.1, 0.15) is 56.2 Å². The zero-order valence-corrected chi connectivity index (χ0v) is 11.1. The van der Waals surface area contributed by atoms with Crippen molar-refractivity contribution in [1.82, 2.24) is 9.78 Å². The number of rotatable bonds is 5. The van der Waals surface area contributed by atoms with Crippen LogP contribution in [-0.4, -0.2) is 14.9 Å². The van der Waals surface area contributed by atoms with Gasteiger partial charge < -0.3 is 5.11 Å². The van der Waals surface area contributed by atoms with Gasteiger partial charge in [-0.2, -0.15) is 5.10 Å². The molecule has 0 fully saturated rings. The van der Waals surface area contributed by atoms with Crippen molar-refractivity contribution in [3.05, 3.63) is 17.0 Å². The second-order valence-corrected chi connectivity index (χ2v) is 4.64. The molecule has 1 aromatic rings. The third-order valence-electron chi connectivity index (χ3n) is 3.61. The Kier molecular flexibility index (Phi) is 4.54. The molecule has 1 atom stereocenters. The van der Waals surface area contributed by atoms with Gasteiger partial charge in [-0.1, -0.05) is 26.7 Å². The molecule has 0 saturated heterocycles. The van der Waals surface area contributed by atoms with Gasteiger partial charge in [0.1, 0.15) is 0 Å². The fourth-order valence-electron chi connectivity index (χ4n) is 2.33. The first-order chi connectivity index (χ1) is 7.51. The molecule has 0 bridgehead atoms. The number of aliphatic hydroxyl groups excluding tert-OH is 1. The predicted molar refractivity (Wildman–Crippen MR) is 66.3 cm³/mol. The average molecular weight is 224 g/mol. The standard InChI is InChI=1S/C13H24N2O/c1-6-11(7-2)8-12(16)13-9(3)14-15(5)10(13)4/h11-12,16H,6-8H2,1-5H3. The van der Waals surface area contributed by atoms with Gasteiger partial charge in [0.25, 0.3) is 0 Å². The van der Waals surface area contributed by atoms with Crippen LogP contribution in [0.3, 0.4) is 0 Å². The molecule has 3 nitrogen and oxygen atoms in total. The Labute approximate surface area is 98.5 Å². The summed E-state index contributed by atoms with van der Waals surface area (Å²) in [4.78, 5) is 0. The summed E-state index contributed by atoms with van der Waals surface area (Å²) < 4.78 is 1.85. The van der Waals surface area contributed by atoms with Crippen LogP contribution in [0.25, 0.3) is 0 Å². The minimum absolute atomic E-state index is 0.362. The highest BCUT2D eigenvalue weighted by atomic mass is 16.3. The number of aryl methyl sites for hydroxylation is 2. The lowest BCUT2D eigenvalue weighted by molar-refractivity contribution is 0.140. The molecule has 0 spiro atoms. The summed E-state index contributed by atoms with van der Waals surface area (Å²) in [5.74, 6) is 0.606. The van der Waals surface area contributed by atoms with Gasteiger partial charge in [0, 0.05) is 18.3 Å². The van der Waals surface area contributed by atoms with Crippen molar-refractivity contribution in [3.8, 4) is 0 Å². The topological polar surface area (TPSA) is 38.1 Å². The fraction of sp³-hybridized carbons (Fsp3) is 0.769. The van der Waals surface area contributed by atoms with Gasteiger partial charge in [-0.05, 0) is 26.2 Å². The number of hydrogen-bond acceptors (Lipinski definition) is 2. The molecule has 0 amide bonds. The molecule has 1 aromatic heterocycles. The van der Waals surface area contributed by atoms with Crippen molar-refractivity contribution < 1.29 is 5.11 Å². The van der Waals surface area contributed by atoms with Gasteiger partial charge in [-0.15, -0.1) is 0 Å². The molecule has 92 valence electrons. The molecule has 0 aliphatic heterocycles. The van der Waals surface area contributed by atoms with Crippen molar-refractivity contribution in [2.24, 2.45) is 13.0 Å². The Morgan fingerprint density at radius 2 is 1.81 bits per heavy atom. The third-order valence-corrected chi connectivity index (χ3v) is 3.61. The number of nitrogens with zero attached hydrogens (tertiary/aromatic N) is 2. The van der Waals surface area contributed by atoms with Crippen LogP contribution < -0.4 is 0 Å². The molecule has 0 radical (unpaired) electrons. The lowest BCUT2D eigenvalue weighted by atomic mass is 9.92. The quantitative estimate of drug-likeness (QED) is 0.835. The van der Waals surface area contributed by atoms with Gasteiger partial charge in [-0.3, -0.25) is 4.68 Å². The molecular weight excluding hydrogens is 200 g/mol. The van der Waals surface area contributed by atoms with Crippen LogP contribution in [0.4, 0.5) is 0 Å². The normalized spacial score (nSPS) is 13.4. The first-order valence-electron chi connectivity index (χ1n) is 6.19. The van der Waals surface area contributed by atoms with Crippen molar-refractivity contribution in [2.45, 2.75) is 53.1 Å². The average Bonchev–Trinajstić information content (AvgIpc) is 2.49. The highest BCUT2D eigenvalue weighted by Crippen LogP contribution is 2.28. The largest absolute Gasteiger partial charge is 0.388 e. The molecule has 0 aliphatic carbocycles. The molecule has 3 heteroatoms. The van der Waals surface area contributed by atoms with Gasteiger partial charge >= 0.3 is 0 Å². The Hall–Kier alpha value is -0.830. The minimum atomic E-state index is -0.362. The number of aliphatic hydroxyl groups is 1. The van der Waals surface area contributed by atoms with Gasteiger partial charge in [0.15, 0.2) is 0 Å². The number of aromatic nitrogens is 2. The molecular formula is C13H24N2O. The van der Waals surface area contributed by atoms with E-state index in [0.29, 0.717) is 5.92 Å². The smallest absolute Gasteiger partial charge is 0.0828 e. The summed E-state index contributed by atoms with van der Waals surface area (Å²) in [7, 11) is 1.93. The van der Waals surface area contributed by atoms with Crippen LogP contribution in [0, 0.1) is 19.8 Å². The lowest BCUT2D eigenvalue weighted by Gasteiger charge is -2.17. The first-order valence-corrected chi connectivity index (χ1v) is 6.19. The zero-order chi connectivity index (χ0) is 12.3. The van der Waals surface area contributed by atoms with E-state index < -0.39 is 0 Å². The molecule has 0 aromatic carbocycles. The van der Waals surface area contributed by atoms with E-state index in [1.807, 2.05) is 25.6 Å². The maximum atomic E-state index is 10.3. The van der Waals surface area contributed by atoms with Gasteiger partial charge in [0.2, 0.25) is 0 Å². The van der Waals surface area contributed by atoms with E-state index in [4.69, 9.17) is 0 Å². The predicted octanol–water partition coefficient (Wildman–Crippen LogP) is 2.90. The summed E-state index contributed by atoms with van der Waals surface area (Å²) >= 11 is 0. The van der Waals surface area contributed by atoms with Crippen molar-refractivity contribution in [1.29, 1.82) is 0 Å². The zero-order valence-electron chi connectivity index (χ0n) is 11.1. The Bertz CT molecular complexity index is 340. The van der Waals surface area contributed by atoms with E-state index in [0.717, 1.165) is 36.2 Å². The summed E-state index contributed by atoms with van der Waals surface area (Å²) in [5, 5.41) is 14.6. The van der Waals surface area contributed by atoms with Crippen molar-refractivity contribution in [2.75, 3.05) is 0 Å². The summed E-state index contributed by atoms with van der Waals surface area (Å²) in [5.41, 5.74) is 3.06. The van der Waals surface area contributed by atoms with E-state index >= 15 is 0 Å². The molecule has 0 saturated carbocycles. The highest BCUT2D eigenvalue weighted by Gasteiger charge is 2.20. The molecule has 16 heavy (non-hydrogen) atoms. The van der Waals surface area contributed by atoms with Crippen LogP contribution in [0.2, 0.25) is 0 Å². The van der Waals surface area contributed by atoms with E-state index in [2.05, 4.69) is 18.9 Å². The second-order valence-electron chi connectivity index (χ2n) is 4.64. The van der Waals surface area contributed by atoms with E-state index in [1.54, 1.807) is 0 Å².